The zero-order chi connectivity index (χ0) is 59.5. The van der Waals surface area contributed by atoms with Crippen molar-refractivity contribution in [2.24, 2.45) is 5.92 Å². The third kappa shape index (κ3) is 17.5. The number of aliphatic carboxylic acids is 1. The number of halogens is 6. The second-order valence-electron chi connectivity index (χ2n) is 17.1. The lowest BCUT2D eigenvalue weighted by Gasteiger charge is -2.38. The number of aliphatic hydroxyl groups is 3. The Kier molecular flexibility index (Phi) is 24.5. The van der Waals surface area contributed by atoms with E-state index in [4.69, 9.17) is 54.2 Å². The van der Waals surface area contributed by atoms with Gasteiger partial charge in [-0.2, -0.15) is 14.0 Å². The number of ether oxygens (including phenoxy) is 10. The van der Waals surface area contributed by atoms with E-state index in [0.717, 1.165) is 0 Å². The number of benzene rings is 3. The van der Waals surface area contributed by atoms with Crippen LogP contribution in [0, 0.1) is 46.3 Å². The van der Waals surface area contributed by atoms with Crippen molar-refractivity contribution in [3.8, 4) is 23.3 Å². The summed E-state index contributed by atoms with van der Waals surface area (Å²) < 4.78 is 120. The first-order chi connectivity index (χ1) is 38.6. The quantitative estimate of drug-likeness (QED) is 0.0110. The fraction of sp³-hybridized carbons (Fsp3) is 0.451. The second kappa shape index (κ2) is 30.9. The Labute approximate surface area is 461 Å². The monoisotopic (exact) mass is 1170 g/mol. The molecule has 6 N–H and O–H groups in total. The number of amides is 2. The smallest absolute Gasteiger partial charge is 0.338 e. The zero-order valence-electron chi connectivity index (χ0n) is 42.8. The molecule has 2 aliphatic heterocycles. The summed E-state index contributed by atoms with van der Waals surface area (Å²) in [6.45, 7) is 1.52. The maximum atomic E-state index is 13.7. The standard InChI is InChI=1S/C51H53ClF5N3O21/c1-3-75-49(70)27(22-58)36-26-20-25(52)6-8-29(26)78-31(37(36)50(71)76-4-2)21-35(64)77-23-24-5-7-30(79-51-45(67)43(65)44(66)47(81-51)48(68)69)28(19-24)60-33(62)9-12-59-32(61)10-13-72-15-17-74-18-16-73-14-11-34(63)80-46-41(56)39(54)38(53)40(55)42(46)57/h5-8,19-20,27,36,43-45,47,51,65-67H,3-4,9-18,21,23H2,1-2H3,(H,59,61)(H,60,62)(H,68,69)/t27?,36?,43-,44-,45+,47-,51+/m0/s1. The fourth-order valence-electron chi connectivity index (χ4n) is 7.60. The minimum absolute atomic E-state index is 0.0166. The van der Waals surface area contributed by atoms with Crippen LogP contribution in [0.4, 0.5) is 27.6 Å². The third-order valence-corrected chi connectivity index (χ3v) is 11.7. The molecule has 3 aromatic carbocycles. The molecular weight excluding hydrogens is 1120 g/mol. The van der Waals surface area contributed by atoms with Crippen molar-refractivity contribution in [3.63, 3.8) is 0 Å². The second-order valence-corrected chi connectivity index (χ2v) is 17.5. The lowest BCUT2D eigenvalue weighted by molar-refractivity contribution is -0.271. The molecule has 0 saturated carbocycles. The van der Waals surface area contributed by atoms with E-state index in [1.807, 2.05) is 6.07 Å². The van der Waals surface area contributed by atoms with E-state index >= 15 is 0 Å². The minimum Gasteiger partial charge on any atom is -0.479 e. The van der Waals surface area contributed by atoms with Crippen LogP contribution in [0.3, 0.4) is 0 Å². The third-order valence-electron chi connectivity index (χ3n) is 11.5. The highest BCUT2D eigenvalue weighted by Gasteiger charge is 2.49. The number of carbonyl (C=O) groups excluding carboxylic acids is 6. The van der Waals surface area contributed by atoms with Crippen molar-refractivity contribution in [1.29, 1.82) is 5.26 Å². The highest BCUT2D eigenvalue weighted by atomic mass is 35.5. The van der Waals surface area contributed by atoms with E-state index in [1.54, 1.807) is 0 Å². The Morgan fingerprint density at radius 1 is 0.741 bits per heavy atom. The van der Waals surface area contributed by atoms with Gasteiger partial charge in [-0.1, -0.05) is 17.7 Å². The number of esters is 4. The predicted octanol–water partition coefficient (Wildman–Crippen LogP) is 3.32. The lowest BCUT2D eigenvalue weighted by atomic mass is 9.78. The van der Waals surface area contributed by atoms with Crippen LogP contribution in [0.1, 0.15) is 56.6 Å². The van der Waals surface area contributed by atoms with Gasteiger partial charge in [0.1, 0.15) is 48.6 Å². The van der Waals surface area contributed by atoms with Gasteiger partial charge in [-0.25, -0.2) is 22.8 Å². The number of nitriles is 1. The summed E-state index contributed by atoms with van der Waals surface area (Å²) in [5.41, 5.74) is -0.221. The number of carboxylic acid groups (broad SMARTS) is 1. The molecule has 0 aromatic heterocycles. The van der Waals surface area contributed by atoms with Crippen molar-refractivity contribution in [2.75, 3.05) is 64.7 Å². The summed E-state index contributed by atoms with van der Waals surface area (Å²) in [5, 5.41) is 56.1. The van der Waals surface area contributed by atoms with Gasteiger partial charge >= 0.3 is 29.8 Å². The van der Waals surface area contributed by atoms with E-state index in [1.165, 1.54) is 50.2 Å². The molecule has 2 heterocycles. The number of nitrogens with zero attached hydrogens (tertiary/aromatic N) is 1. The molecule has 7 atom stereocenters. The Morgan fingerprint density at radius 2 is 1.37 bits per heavy atom. The van der Waals surface area contributed by atoms with Gasteiger partial charge in [-0.15, -0.1) is 0 Å². The van der Waals surface area contributed by atoms with Crippen molar-refractivity contribution in [2.45, 2.75) is 82.8 Å². The van der Waals surface area contributed by atoms with E-state index < -0.39 is 138 Å². The summed E-state index contributed by atoms with van der Waals surface area (Å²) in [5.74, 6) is -24.2. The SMILES string of the molecule is CCOC(=O)C1=C(CC(=O)OCc2ccc(O[C@@H]3O[C@H](C(=O)O)[C@@H](O)[C@H](O)[C@H]3O)c(NC(=O)CCNC(=O)CCOCCOCCOCCC(=O)Oc3c(F)c(F)c(F)c(F)c3F)c2)Oc2ccc(Cl)cc2C1C(C#N)C(=O)OCC. The fourth-order valence-corrected chi connectivity index (χ4v) is 7.78. The van der Waals surface area contributed by atoms with Gasteiger partial charge in [0.25, 0.3) is 0 Å². The number of nitrogens with one attached hydrogen (secondary N) is 2. The van der Waals surface area contributed by atoms with Crippen LogP contribution in [0.2, 0.25) is 5.02 Å². The molecule has 1 saturated heterocycles. The number of anilines is 1. The van der Waals surface area contributed by atoms with E-state index in [2.05, 4.69) is 15.4 Å². The summed E-state index contributed by atoms with van der Waals surface area (Å²) in [4.78, 5) is 89.6. The van der Waals surface area contributed by atoms with E-state index in [-0.39, 0.29) is 117 Å². The minimum atomic E-state index is -2.41. The van der Waals surface area contributed by atoms with Crippen LogP contribution in [-0.4, -0.2) is 152 Å². The largest absolute Gasteiger partial charge is 0.479 e. The normalized spacial score (nSPS) is 18.7. The molecule has 2 amide bonds. The number of carbonyl (C=O) groups is 7. The molecule has 1 fully saturated rings. The molecule has 0 bridgehead atoms. The molecule has 0 radical (unpaired) electrons. The van der Waals surface area contributed by atoms with Gasteiger partial charge in [-0.05, 0) is 49.7 Å². The Hall–Kier alpha value is -7.56. The van der Waals surface area contributed by atoms with Crippen LogP contribution in [0.5, 0.6) is 17.2 Å². The van der Waals surface area contributed by atoms with Crippen LogP contribution in [0.25, 0.3) is 0 Å². The Balaban J connectivity index is 1.14. The first-order valence-corrected chi connectivity index (χ1v) is 24.8. The molecule has 24 nitrogen and oxygen atoms in total. The Morgan fingerprint density at radius 3 is 2.00 bits per heavy atom. The molecule has 3 aromatic rings. The topological polar surface area (TPSA) is 341 Å². The molecular formula is C51H53ClF5N3O21. The average Bonchev–Trinajstić information content (AvgIpc) is 3.53. The highest BCUT2D eigenvalue weighted by Crippen LogP contribution is 2.46. The number of rotatable bonds is 29. The number of carboxylic acids is 1. The molecule has 5 rings (SSSR count). The van der Waals surface area contributed by atoms with Crippen molar-refractivity contribution < 1.29 is 123 Å². The number of aliphatic hydroxyl groups excluding tert-OH is 3. The van der Waals surface area contributed by atoms with Crippen LogP contribution >= 0.6 is 11.6 Å². The van der Waals surface area contributed by atoms with Gasteiger partial charge in [-0.3, -0.25) is 24.0 Å². The zero-order valence-corrected chi connectivity index (χ0v) is 43.6. The summed E-state index contributed by atoms with van der Waals surface area (Å²) in [6, 6.07) is 9.87. The molecule has 2 unspecified atom stereocenters. The van der Waals surface area contributed by atoms with Crippen LogP contribution < -0.4 is 24.8 Å². The summed E-state index contributed by atoms with van der Waals surface area (Å²) in [7, 11) is 0. The first-order valence-electron chi connectivity index (χ1n) is 24.4. The van der Waals surface area contributed by atoms with Crippen LogP contribution in [-0.2, 0) is 73.3 Å². The van der Waals surface area contributed by atoms with Gasteiger partial charge in [0.15, 0.2) is 12.0 Å². The Bertz CT molecular complexity index is 2850. The predicted molar refractivity (Wildman–Crippen MR) is 260 cm³/mol. The molecule has 440 valence electrons. The van der Waals surface area contributed by atoms with Gasteiger partial charge in [0.2, 0.25) is 52.9 Å². The number of hydrogen-bond donors (Lipinski definition) is 6. The van der Waals surface area contributed by atoms with Gasteiger partial charge in [0.05, 0.1) is 76.6 Å². The molecule has 2 aliphatic rings. The molecule has 0 aliphatic carbocycles. The average molecular weight is 1170 g/mol. The highest BCUT2D eigenvalue weighted by molar-refractivity contribution is 6.30. The summed E-state index contributed by atoms with van der Waals surface area (Å²) in [6.07, 6.45) is -12.0. The van der Waals surface area contributed by atoms with Gasteiger partial charge in [0, 0.05) is 35.9 Å². The van der Waals surface area contributed by atoms with E-state index in [0.29, 0.717) is 0 Å². The van der Waals surface area contributed by atoms with Crippen molar-refractivity contribution in [1.82, 2.24) is 5.32 Å². The van der Waals surface area contributed by atoms with Gasteiger partial charge < -0.3 is 78.4 Å². The number of fused-ring (bicyclic) bond motifs is 1. The molecule has 30 heteroatoms. The van der Waals surface area contributed by atoms with E-state index in [9.17, 15) is 81.2 Å². The maximum absolute atomic E-state index is 13.7. The molecule has 0 spiro atoms. The number of hydrogen-bond acceptors (Lipinski definition) is 21. The van der Waals surface area contributed by atoms with Crippen molar-refractivity contribution in [3.05, 3.63) is 93.0 Å². The molecule has 81 heavy (non-hydrogen) atoms. The lowest BCUT2D eigenvalue weighted by Crippen LogP contribution is -2.61. The van der Waals surface area contributed by atoms with Crippen molar-refractivity contribution >= 4 is 58.9 Å². The maximum Gasteiger partial charge on any atom is 0.338 e. The van der Waals surface area contributed by atoms with Crippen LogP contribution in [0.15, 0.2) is 47.7 Å². The summed E-state index contributed by atoms with van der Waals surface area (Å²) >= 11 is 6.27. The first kappa shape index (κ1) is 64.3.